The van der Waals surface area contributed by atoms with Crippen molar-refractivity contribution in [2.24, 2.45) is 0 Å². The van der Waals surface area contributed by atoms with Gasteiger partial charge in [0.15, 0.2) is 0 Å². The van der Waals surface area contributed by atoms with Gasteiger partial charge in [0.05, 0.1) is 11.7 Å². The highest BCUT2D eigenvalue weighted by Gasteiger charge is 2.33. The van der Waals surface area contributed by atoms with Crippen LogP contribution in [0.25, 0.3) is 0 Å². The summed E-state index contributed by atoms with van der Waals surface area (Å²) in [7, 11) is 0. The summed E-state index contributed by atoms with van der Waals surface area (Å²) in [6.07, 6.45) is 9.87. The van der Waals surface area contributed by atoms with E-state index in [0.717, 1.165) is 38.5 Å². The standard InChI is InChI=1S/C13H26O2/c1-2-10-13(15)11-8-6-4-3-5-7-9-12(13)14/h12,14-15H,2-11H2,1H3. The fraction of sp³-hybridized carbons (Fsp3) is 1.00. The number of hydrogen-bond donors (Lipinski definition) is 2. The van der Waals surface area contributed by atoms with Crippen molar-refractivity contribution in [1.29, 1.82) is 0 Å². The van der Waals surface area contributed by atoms with E-state index in [0.29, 0.717) is 0 Å². The Hall–Kier alpha value is -0.0800. The Labute approximate surface area is 93.7 Å². The summed E-state index contributed by atoms with van der Waals surface area (Å²) in [6.45, 7) is 2.07. The average molecular weight is 214 g/mol. The lowest BCUT2D eigenvalue weighted by Crippen LogP contribution is -2.42. The van der Waals surface area contributed by atoms with Crippen LogP contribution in [0, 0.1) is 0 Å². The Balaban J connectivity index is 2.53. The third-order valence-corrected chi connectivity index (χ3v) is 3.64. The zero-order valence-corrected chi connectivity index (χ0v) is 10.0. The summed E-state index contributed by atoms with van der Waals surface area (Å²) < 4.78 is 0. The molecular weight excluding hydrogens is 188 g/mol. The highest BCUT2D eigenvalue weighted by atomic mass is 16.3. The molecule has 0 aromatic heterocycles. The fourth-order valence-electron chi connectivity index (χ4n) is 2.64. The first-order valence-electron chi connectivity index (χ1n) is 6.59. The number of aliphatic hydroxyl groups is 2. The maximum atomic E-state index is 10.4. The summed E-state index contributed by atoms with van der Waals surface area (Å²) in [5.74, 6) is 0. The van der Waals surface area contributed by atoms with Crippen LogP contribution in [0.4, 0.5) is 0 Å². The van der Waals surface area contributed by atoms with Crippen molar-refractivity contribution in [3.63, 3.8) is 0 Å². The summed E-state index contributed by atoms with van der Waals surface area (Å²) in [4.78, 5) is 0. The lowest BCUT2D eigenvalue weighted by Gasteiger charge is -2.33. The van der Waals surface area contributed by atoms with Crippen molar-refractivity contribution < 1.29 is 10.2 Å². The maximum Gasteiger partial charge on any atom is 0.0905 e. The fourth-order valence-corrected chi connectivity index (χ4v) is 2.64. The Morgan fingerprint density at radius 1 is 1.07 bits per heavy atom. The molecule has 0 aromatic carbocycles. The summed E-state index contributed by atoms with van der Waals surface area (Å²) in [6, 6.07) is 0. The van der Waals surface area contributed by atoms with Crippen LogP contribution in [0.2, 0.25) is 0 Å². The maximum absolute atomic E-state index is 10.4. The van der Waals surface area contributed by atoms with Gasteiger partial charge in [0.2, 0.25) is 0 Å². The largest absolute Gasteiger partial charge is 0.390 e. The SMILES string of the molecule is CCCC1(O)CCCCCCCCC1O. The van der Waals surface area contributed by atoms with E-state index < -0.39 is 11.7 Å². The normalized spacial score (nSPS) is 35.0. The van der Waals surface area contributed by atoms with E-state index in [1.165, 1.54) is 25.7 Å². The van der Waals surface area contributed by atoms with Crippen LogP contribution in [-0.2, 0) is 0 Å². The molecule has 15 heavy (non-hydrogen) atoms. The van der Waals surface area contributed by atoms with Gasteiger partial charge in [-0.05, 0) is 19.3 Å². The minimum atomic E-state index is -0.800. The molecule has 1 aliphatic rings. The van der Waals surface area contributed by atoms with Crippen molar-refractivity contribution in [3.8, 4) is 0 Å². The molecule has 0 bridgehead atoms. The van der Waals surface area contributed by atoms with Gasteiger partial charge in [-0.3, -0.25) is 0 Å². The van der Waals surface area contributed by atoms with Crippen molar-refractivity contribution in [1.82, 2.24) is 0 Å². The molecule has 0 spiro atoms. The predicted octanol–water partition coefficient (Wildman–Crippen LogP) is 3.01. The van der Waals surface area contributed by atoms with E-state index in [4.69, 9.17) is 0 Å². The molecule has 1 rings (SSSR count). The second-order valence-electron chi connectivity index (χ2n) is 5.03. The molecule has 0 aliphatic heterocycles. The number of rotatable bonds is 2. The van der Waals surface area contributed by atoms with E-state index in [9.17, 15) is 10.2 Å². The summed E-state index contributed by atoms with van der Waals surface area (Å²) >= 11 is 0. The van der Waals surface area contributed by atoms with E-state index >= 15 is 0 Å². The third-order valence-electron chi connectivity index (χ3n) is 3.64. The van der Waals surface area contributed by atoms with Gasteiger partial charge in [-0.1, -0.05) is 51.9 Å². The zero-order chi connectivity index (χ0) is 11.1. The van der Waals surface area contributed by atoms with Gasteiger partial charge in [-0.15, -0.1) is 0 Å². The molecule has 0 saturated heterocycles. The van der Waals surface area contributed by atoms with Gasteiger partial charge in [-0.25, -0.2) is 0 Å². The molecule has 2 N–H and O–H groups in total. The highest BCUT2D eigenvalue weighted by Crippen LogP contribution is 2.29. The van der Waals surface area contributed by atoms with Crippen molar-refractivity contribution in [2.45, 2.75) is 82.8 Å². The molecule has 1 saturated carbocycles. The van der Waals surface area contributed by atoms with Gasteiger partial charge in [0.25, 0.3) is 0 Å². The van der Waals surface area contributed by atoms with Crippen LogP contribution in [0.1, 0.15) is 71.1 Å². The Morgan fingerprint density at radius 3 is 2.33 bits per heavy atom. The number of aliphatic hydroxyl groups excluding tert-OH is 1. The quantitative estimate of drug-likeness (QED) is 0.742. The van der Waals surface area contributed by atoms with Crippen molar-refractivity contribution >= 4 is 0 Å². The Kier molecular flexibility index (Phi) is 5.62. The van der Waals surface area contributed by atoms with Crippen molar-refractivity contribution in [2.75, 3.05) is 0 Å². The van der Waals surface area contributed by atoms with E-state index in [1.54, 1.807) is 0 Å². The van der Waals surface area contributed by atoms with E-state index in [1.807, 2.05) is 0 Å². The minimum absolute atomic E-state index is 0.504. The first-order chi connectivity index (χ1) is 7.19. The predicted molar refractivity (Wildman–Crippen MR) is 62.8 cm³/mol. The summed E-state index contributed by atoms with van der Waals surface area (Å²) in [5.41, 5.74) is -0.800. The first kappa shape index (κ1) is 13.0. The Morgan fingerprint density at radius 2 is 1.67 bits per heavy atom. The van der Waals surface area contributed by atoms with Gasteiger partial charge in [0.1, 0.15) is 0 Å². The molecule has 2 atom stereocenters. The van der Waals surface area contributed by atoms with Crippen LogP contribution in [0.3, 0.4) is 0 Å². The molecule has 1 aliphatic carbocycles. The number of hydrogen-bond acceptors (Lipinski definition) is 2. The topological polar surface area (TPSA) is 40.5 Å². The molecule has 2 heteroatoms. The molecule has 0 radical (unpaired) electrons. The highest BCUT2D eigenvalue weighted by molar-refractivity contribution is 4.86. The second kappa shape index (κ2) is 6.49. The van der Waals surface area contributed by atoms with Crippen molar-refractivity contribution in [3.05, 3.63) is 0 Å². The second-order valence-corrected chi connectivity index (χ2v) is 5.03. The molecule has 0 aromatic rings. The third kappa shape index (κ3) is 4.12. The van der Waals surface area contributed by atoms with Crippen LogP contribution in [0.5, 0.6) is 0 Å². The molecule has 90 valence electrons. The van der Waals surface area contributed by atoms with Gasteiger partial charge in [-0.2, -0.15) is 0 Å². The molecular formula is C13H26O2. The van der Waals surface area contributed by atoms with Gasteiger partial charge < -0.3 is 10.2 Å². The van der Waals surface area contributed by atoms with Crippen LogP contribution in [-0.4, -0.2) is 21.9 Å². The lowest BCUT2D eigenvalue weighted by atomic mass is 9.82. The average Bonchev–Trinajstić information content (AvgIpc) is 2.21. The molecule has 1 fully saturated rings. The Bertz CT molecular complexity index is 170. The summed E-state index contributed by atoms with van der Waals surface area (Å²) in [5, 5.41) is 20.4. The molecule has 0 heterocycles. The van der Waals surface area contributed by atoms with Crippen LogP contribution < -0.4 is 0 Å². The van der Waals surface area contributed by atoms with Crippen LogP contribution >= 0.6 is 0 Å². The monoisotopic (exact) mass is 214 g/mol. The van der Waals surface area contributed by atoms with Gasteiger partial charge in [0, 0.05) is 0 Å². The van der Waals surface area contributed by atoms with Crippen LogP contribution in [0.15, 0.2) is 0 Å². The molecule has 2 unspecified atom stereocenters. The van der Waals surface area contributed by atoms with Gasteiger partial charge >= 0.3 is 0 Å². The molecule has 2 nitrogen and oxygen atoms in total. The minimum Gasteiger partial charge on any atom is -0.390 e. The smallest absolute Gasteiger partial charge is 0.0905 e. The van der Waals surface area contributed by atoms with E-state index in [-0.39, 0.29) is 0 Å². The first-order valence-corrected chi connectivity index (χ1v) is 6.59. The molecule has 0 amide bonds. The van der Waals surface area contributed by atoms with E-state index in [2.05, 4.69) is 6.92 Å². The zero-order valence-electron chi connectivity index (χ0n) is 10.0. The lowest BCUT2D eigenvalue weighted by molar-refractivity contribution is -0.0917.